The van der Waals surface area contributed by atoms with Gasteiger partial charge in [0.1, 0.15) is 0 Å². The minimum atomic E-state index is -1.25. The fourth-order valence-electron chi connectivity index (χ4n) is 2.18. The zero-order valence-electron chi connectivity index (χ0n) is 14.9. The van der Waals surface area contributed by atoms with Gasteiger partial charge in [0.2, 0.25) is 12.0 Å². The molecule has 1 aromatic carbocycles. The van der Waals surface area contributed by atoms with Crippen LogP contribution in [-0.2, 0) is 20.7 Å². The molecule has 1 rings (SSSR count). The summed E-state index contributed by atoms with van der Waals surface area (Å²) >= 11 is 0. The van der Waals surface area contributed by atoms with Gasteiger partial charge in [-0.05, 0) is 25.8 Å². The third-order valence-corrected chi connectivity index (χ3v) is 3.44. The largest absolute Gasteiger partial charge is 0.478 e. The Hall–Kier alpha value is -2.57. The van der Waals surface area contributed by atoms with Crippen molar-refractivity contribution >= 4 is 18.0 Å². The number of carbonyl (C=O) groups excluding carboxylic acids is 2. The number of hydrogen-bond donors (Lipinski definition) is 2. The van der Waals surface area contributed by atoms with Crippen molar-refractivity contribution < 1.29 is 24.2 Å². The molecule has 25 heavy (non-hydrogen) atoms. The molecule has 7 heteroatoms. The van der Waals surface area contributed by atoms with Crippen molar-refractivity contribution in [2.24, 2.45) is 0 Å². The Morgan fingerprint density at radius 3 is 2.40 bits per heavy atom. The summed E-state index contributed by atoms with van der Waals surface area (Å²) in [5, 5.41) is 12.0. The van der Waals surface area contributed by atoms with Gasteiger partial charge in [-0.25, -0.2) is 9.59 Å². The predicted molar refractivity (Wildman–Crippen MR) is 93.2 cm³/mol. The molecule has 1 aromatic rings. The van der Waals surface area contributed by atoms with Crippen molar-refractivity contribution in [3.63, 3.8) is 0 Å². The van der Waals surface area contributed by atoms with Gasteiger partial charge in [-0.2, -0.15) is 0 Å². The number of nitrogens with one attached hydrogen (secondary N) is 1. The number of amides is 2. The molecule has 7 nitrogen and oxygen atoms in total. The Kier molecular flexibility index (Phi) is 8.46. The summed E-state index contributed by atoms with van der Waals surface area (Å²) in [5.41, 5.74) is 0.774. The molecule has 2 amide bonds. The second kappa shape index (κ2) is 10.3. The average molecular weight is 350 g/mol. The molecule has 0 bridgehead atoms. The summed E-state index contributed by atoms with van der Waals surface area (Å²) in [5.74, 6) is -1.27. The highest BCUT2D eigenvalue weighted by molar-refractivity contribution is 5.78. The number of ether oxygens (including phenoxy) is 1. The fourth-order valence-corrected chi connectivity index (χ4v) is 2.18. The predicted octanol–water partition coefficient (Wildman–Crippen LogP) is 2.06. The van der Waals surface area contributed by atoms with Crippen LogP contribution in [0.1, 0.15) is 32.3 Å². The lowest BCUT2D eigenvalue weighted by molar-refractivity contribution is -0.147. The minimum Gasteiger partial charge on any atom is -0.478 e. The Labute approximate surface area is 148 Å². The number of benzene rings is 1. The lowest BCUT2D eigenvalue weighted by atomic mass is 10.1. The Morgan fingerprint density at radius 1 is 1.20 bits per heavy atom. The zero-order valence-corrected chi connectivity index (χ0v) is 14.9. The van der Waals surface area contributed by atoms with E-state index in [2.05, 4.69) is 5.32 Å². The number of nitrogens with zero attached hydrogens (tertiary/aromatic N) is 1. The molecule has 2 N–H and O–H groups in total. The van der Waals surface area contributed by atoms with Crippen LogP contribution in [0.25, 0.3) is 0 Å². The molecule has 0 saturated carbocycles. The van der Waals surface area contributed by atoms with Gasteiger partial charge in [-0.1, -0.05) is 30.3 Å². The van der Waals surface area contributed by atoms with Gasteiger partial charge in [0.25, 0.3) is 0 Å². The first kappa shape index (κ1) is 20.5. The van der Waals surface area contributed by atoms with E-state index in [1.165, 1.54) is 11.9 Å². The molecule has 0 unspecified atom stereocenters. The van der Waals surface area contributed by atoms with Crippen LogP contribution in [0, 0.1) is 0 Å². The van der Waals surface area contributed by atoms with Crippen molar-refractivity contribution in [1.29, 1.82) is 0 Å². The molecule has 1 atom stereocenters. The van der Waals surface area contributed by atoms with Crippen LogP contribution in [0.5, 0.6) is 0 Å². The van der Waals surface area contributed by atoms with Gasteiger partial charge < -0.3 is 20.1 Å². The molecule has 0 heterocycles. The van der Waals surface area contributed by atoms with E-state index in [0.29, 0.717) is 19.4 Å². The van der Waals surface area contributed by atoms with Crippen LogP contribution in [0.4, 0.5) is 4.79 Å². The number of aliphatic carboxylic acids is 1. The molecule has 0 radical (unpaired) electrons. The van der Waals surface area contributed by atoms with Crippen LogP contribution in [0.15, 0.2) is 30.3 Å². The number of carbonyl (C=O) groups is 3. The monoisotopic (exact) mass is 350 g/mol. The smallest absolute Gasteiger partial charge is 0.410 e. The second-order valence-corrected chi connectivity index (χ2v) is 6.15. The van der Waals surface area contributed by atoms with Crippen LogP contribution in [0.3, 0.4) is 0 Å². The lowest BCUT2D eigenvalue weighted by Gasteiger charge is -2.20. The number of carboxylic acid groups (broad SMARTS) is 1. The van der Waals surface area contributed by atoms with Gasteiger partial charge in [0.05, 0.1) is 0 Å². The highest BCUT2D eigenvalue weighted by atomic mass is 16.6. The highest BCUT2D eigenvalue weighted by Crippen LogP contribution is 2.08. The summed E-state index contributed by atoms with van der Waals surface area (Å²) in [7, 11) is 1.52. The van der Waals surface area contributed by atoms with E-state index in [1.54, 1.807) is 24.3 Å². The van der Waals surface area contributed by atoms with Crippen molar-refractivity contribution in [2.45, 2.75) is 45.3 Å². The minimum absolute atomic E-state index is 0.0736. The van der Waals surface area contributed by atoms with E-state index in [0.717, 1.165) is 5.56 Å². The average Bonchev–Trinajstić information content (AvgIpc) is 2.54. The maximum absolute atomic E-state index is 12.0. The Balaban J connectivity index is 2.45. The molecule has 0 aromatic heterocycles. The van der Waals surface area contributed by atoms with Gasteiger partial charge in [0.15, 0.2) is 0 Å². The standard InChI is InChI=1S/C18H26N2O5/c1-13(2)19-16(21)10-7-11-20(3)18(24)25-15(17(22)23)12-14-8-5-4-6-9-14/h4-6,8-9,13,15H,7,10-12H2,1-3H3,(H,19,21)(H,22,23)/t15-/m0/s1. The van der Waals surface area contributed by atoms with Crippen molar-refractivity contribution in [1.82, 2.24) is 10.2 Å². The van der Waals surface area contributed by atoms with Crippen LogP contribution in [0.2, 0.25) is 0 Å². The number of carboxylic acids is 1. The third-order valence-electron chi connectivity index (χ3n) is 3.44. The fraction of sp³-hybridized carbons (Fsp3) is 0.500. The summed E-state index contributed by atoms with van der Waals surface area (Å²) in [6, 6.07) is 9.05. The first-order valence-electron chi connectivity index (χ1n) is 8.27. The van der Waals surface area contributed by atoms with Gasteiger partial charge in [-0.3, -0.25) is 4.79 Å². The molecular formula is C18H26N2O5. The van der Waals surface area contributed by atoms with Gasteiger partial charge >= 0.3 is 12.1 Å². The zero-order chi connectivity index (χ0) is 18.8. The summed E-state index contributed by atoms with van der Waals surface area (Å²) in [4.78, 5) is 36.2. The molecule has 0 fully saturated rings. The van der Waals surface area contributed by atoms with E-state index >= 15 is 0 Å². The SMILES string of the molecule is CC(C)NC(=O)CCCN(C)C(=O)O[C@@H](Cc1ccccc1)C(=O)O. The first-order chi connectivity index (χ1) is 11.8. The number of hydrogen-bond acceptors (Lipinski definition) is 4. The molecule has 138 valence electrons. The van der Waals surface area contributed by atoms with E-state index in [1.807, 2.05) is 19.9 Å². The van der Waals surface area contributed by atoms with Crippen molar-refractivity contribution in [2.75, 3.05) is 13.6 Å². The van der Waals surface area contributed by atoms with Gasteiger partial charge in [0, 0.05) is 32.5 Å². The normalized spacial score (nSPS) is 11.7. The summed E-state index contributed by atoms with van der Waals surface area (Å²) in [6.45, 7) is 4.06. The van der Waals surface area contributed by atoms with Crippen LogP contribution < -0.4 is 5.32 Å². The molecule has 0 aliphatic heterocycles. The van der Waals surface area contributed by atoms with E-state index < -0.39 is 18.2 Å². The number of rotatable bonds is 9. The van der Waals surface area contributed by atoms with E-state index in [4.69, 9.17) is 4.74 Å². The molecular weight excluding hydrogens is 324 g/mol. The Morgan fingerprint density at radius 2 is 1.84 bits per heavy atom. The van der Waals surface area contributed by atoms with Crippen LogP contribution >= 0.6 is 0 Å². The highest BCUT2D eigenvalue weighted by Gasteiger charge is 2.24. The van der Waals surface area contributed by atoms with Crippen molar-refractivity contribution in [3.05, 3.63) is 35.9 Å². The van der Waals surface area contributed by atoms with Crippen LogP contribution in [-0.4, -0.2) is 53.7 Å². The maximum Gasteiger partial charge on any atom is 0.410 e. The topological polar surface area (TPSA) is 95.9 Å². The first-order valence-corrected chi connectivity index (χ1v) is 8.27. The van der Waals surface area contributed by atoms with E-state index in [9.17, 15) is 19.5 Å². The van der Waals surface area contributed by atoms with Crippen molar-refractivity contribution in [3.8, 4) is 0 Å². The molecule has 0 aliphatic carbocycles. The molecule has 0 spiro atoms. The third kappa shape index (κ3) is 8.19. The molecule has 0 saturated heterocycles. The quantitative estimate of drug-likeness (QED) is 0.711. The summed E-state index contributed by atoms with van der Waals surface area (Å²) in [6.07, 6.45) is -1.09. The maximum atomic E-state index is 12.0. The molecule has 0 aliphatic rings. The van der Waals surface area contributed by atoms with E-state index in [-0.39, 0.29) is 18.4 Å². The lowest BCUT2D eigenvalue weighted by Crippen LogP contribution is -2.37. The Bertz CT molecular complexity index is 574. The summed E-state index contributed by atoms with van der Waals surface area (Å²) < 4.78 is 5.09. The second-order valence-electron chi connectivity index (χ2n) is 6.15. The van der Waals surface area contributed by atoms with Gasteiger partial charge in [-0.15, -0.1) is 0 Å².